The van der Waals surface area contributed by atoms with Crippen molar-refractivity contribution in [1.29, 1.82) is 0 Å². The molecule has 1 aliphatic heterocycles. The molecule has 1 fully saturated rings. The Bertz CT molecular complexity index is 924. The van der Waals surface area contributed by atoms with Crippen molar-refractivity contribution >= 4 is 23.4 Å². The van der Waals surface area contributed by atoms with E-state index in [0.717, 1.165) is 24.3 Å². The lowest BCUT2D eigenvalue weighted by atomic mass is 10.2. The third-order valence-electron chi connectivity index (χ3n) is 4.48. The molecule has 144 valence electrons. The van der Waals surface area contributed by atoms with Gasteiger partial charge >= 0.3 is 0 Å². The third kappa shape index (κ3) is 4.25. The molecule has 0 atom stereocenters. The molecule has 0 radical (unpaired) electrons. The van der Waals surface area contributed by atoms with Gasteiger partial charge in [-0.2, -0.15) is 0 Å². The monoisotopic (exact) mass is 397 g/mol. The zero-order valence-electron chi connectivity index (χ0n) is 15.1. The molecule has 28 heavy (non-hydrogen) atoms. The maximum Gasteiger partial charge on any atom is 0.277 e. The molecule has 9 heteroatoms. The van der Waals surface area contributed by atoms with Crippen molar-refractivity contribution in [1.82, 2.24) is 20.1 Å². The summed E-state index contributed by atoms with van der Waals surface area (Å²) in [5.41, 5.74) is 1.80. The summed E-state index contributed by atoms with van der Waals surface area (Å²) in [6.45, 7) is 2.83. The molecule has 8 nitrogen and oxygen atoms in total. The van der Waals surface area contributed by atoms with Gasteiger partial charge in [0.15, 0.2) is 0 Å². The molecule has 1 aliphatic rings. The smallest absolute Gasteiger partial charge is 0.277 e. The summed E-state index contributed by atoms with van der Waals surface area (Å²) in [7, 11) is 0. The van der Waals surface area contributed by atoms with Crippen LogP contribution in [0.5, 0.6) is 5.75 Å². The first kappa shape index (κ1) is 18.3. The summed E-state index contributed by atoms with van der Waals surface area (Å²) in [6.07, 6.45) is 3.33. The Morgan fingerprint density at radius 2 is 1.89 bits per heavy atom. The van der Waals surface area contributed by atoms with Crippen LogP contribution in [0.4, 0.5) is 5.69 Å². The Morgan fingerprint density at radius 3 is 2.61 bits per heavy atom. The number of phenolic OH excluding ortho intramolecular Hbond substituents is 1. The van der Waals surface area contributed by atoms with E-state index in [2.05, 4.69) is 20.1 Å². The predicted molar refractivity (Wildman–Crippen MR) is 105 cm³/mol. The van der Waals surface area contributed by atoms with Crippen LogP contribution in [0.25, 0.3) is 11.5 Å². The second-order valence-corrected chi connectivity index (χ2v) is 7.21. The van der Waals surface area contributed by atoms with E-state index in [1.165, 1.54) is 11.8 Å². The number of piperazine rings is 1. The van der Waals surface area contributed by atoms with Crippen LogP contribution >= 0.6 is 11.8 Å². The van der Waals surface area contributed by atoms with E-state index >= 15 is 0 Å². The first-order chi connectivity index (χ1) is 13.7. The second kappa shape index (κ2) is 8.30. The number of hydrogen-bond donors (Lipinski definition) is 1. The van der Waals surface area contributed by atoms with Crippen LogP contribution < -0.4 is 4.90 Å². The topological polar surface area (TPSA) is 95.6 Å². The second-order valence-electron chi connectivity index (χ2n) is 6.29. The Labute approximate surface area is 166 Å². The highest BCUT2D eigenvalue weighted by molar-refractivity contribution is 7.99. The van der Waals surface area contributed by atoms with E-state index in [0.29, 0.717) is 24.2 Å². The van der Waals surface area contributed by atoms with Gasteiger partial charge in [-0.25, -0.2) is 0 Å². The third-order valence-corrected chi connectivity index (χ3v) is 5.28. The lowest BCUT2D eigenvalue weighted by Crippen LogP contribution is -2.49. The van der Waals surface area contributed by atoms with E-state index in [1.54, 1.807) is 30.6 Å². The van der Waals surface area contributed by atoms with Crippen LogP contribution in [0.2, 0.25) is 0 Å². The standard InChI is InChI=1S/C19H19N5O3S/c25-16-5-3-15(4-6-16)23-8-10-24(11-9-23)17(26)13-28-19-22-21-18(27-19)14-2-1-7-20-12-14/h1-7,12,25H,8-11,13H2. The van der Waals surface area contributed by atoms with Gasteiger partial charge in [0.05, 0.1) is 11.3 Å². The molecule has 0 saturated carbocycles. The fourth-order valence-electron chi connectivity index (χ4n) is 2.97. The number of carbonyl (C=O) groups is 1. The lowest BCUT2D eigenvalue weighted by Gasteiger charge is -2.36. The summed E-state index contributed by atoms with van der Waals surface area (Å²) >= 11 is 1.24. The summed E-state index contributed by atoms with van der Waals surface area (Å²) in [4.78, 5) is 20.6. The zero-order chi connectivity index (χ0) is 19.3. The molecule has 0 unspecified atom stereocenters. The Kier molecular flexibility index (Phi) is 5.43. The lowest BCUT2D eigenvalue weighted by molar-refractivity contribution is -0.128. The van der Waals surface area contributed by atoms with Crippen LogP contribution in [0.1, 0.15) is 0 Å². The minimum absolute atomic E-state index is 0.0523. The molecule has 0 spiro atoms. The molecule has 1 N–H and O–H groups in total. The fourth-order valence-corrected chi connectivity index (χ4v) is 3.63. The molecule has 0 bridgehead atoms. The summed E-state index contributed by atoms with van der Waals surface area (Å²) in [5.74, 6) is 0.956. The minimum atomic E-state index is 0.0523. The number of aromatic nitrogens is 3. The van der Waals surface area contributed by atoms with Crippen LogP contribution in [-0.4, -0.2) is 63.0 Å². The molecule has 3 aromatic rings. The Balaban J connectivity index is 1.27. The van der Waals surface area contributed by atoms with Gasteiger partial charge in [0.1, 0.15) is 5.75 Å². The van der Waals surface area contributed by atoms with Gasteiger partial charge in [-0.3, -0.25) is 9.78 Å². The molecule has 3 heterocycles. The van der Waals surface area contributed by atoms with Crippen molar-refractivity contribution in [3.05, 3.63) is 48.8 Å². The van der Waals surface area contributed by atoms with E-state index in [-0.39, 0.29) is 17.4 Å². The van der Waals surface area contributed by atoms with Gasteiger partial charge < -0.3 is 19.3 Å². The molecule has 1 saturated heterocycles. The first-order valence-corrected chi connectivity index (χ1v) is 9.86. The highest BCUT2D eigenvalue weighted by atomic mass is 32.2. The van der Waals surface area contributed by atoms with Crippen LogP contribution in [0.3, 0.4) is 0 Å². The van der Waals surface area contributed by atoms with Gasteiger partial charge in [0, 0.05) is 44.3 Å². The highest BCUT2D eigenvalue weighted by Crippen LogP contribution is 2.23. The van der Waals surface area contributed by atoms with Gasteiger partial charge in [0.2, 0.25) is 11.8 Å². The summed E-state index contributed by atoms with van der Waals surface area (Å²) in [5, 5.41) is 17.8. The van der Waals surface area contributed by atoms with Gasteiger partial charge in [-0.1, -0.05) is 11.8 Å². The number of pyridine rings is 1. The van der Waals surface area contributed by atoms with Crippen LogP contribution in [0, 0.1) is 0 Å². The normalized spacial score (nSPS) is 14.3. The molecular formula is C19H19N5O3S. The number of aromatic hydroxyl groups is 1. The minimum Gasteiger partial charge on any atom is -0.508 e. The van der Waals surface area contributed by atoms with E-state index in [1.807, 2.05) is 23.1 Å². The Hall–Kier alpha value is -3.07. The number of rotatable bonds is 5. The quantitative estimate of drug-likeness (QED) is 0.655. The average Bonchev–Trinajstić information content (AvgIpc) is 3.22. The van der Waals surface area contributed by atoms with Crippen molar-refractivity contribution in [3.8, 4) is 17.2 Å². The molecule has 2 aromatic heterocycles. The first-order valence-electron chi connectivity index (χ1n) is 8.87. The number of phenols is 1. The summed E-state index contributed by atoms with van der Waals surface area (Å²) < 4.78 is 5.59. The largest absolute Gasteiger partial charge is 0.508 e. The number of nitrogens with zero attached hydrogens (tertiary/aromatic N) is 5. The predicted octanol–water partition coefficient (Wildman–Crippen LogP) is 2.28. The van der Waals surface area contributed by atoms with Crippen molar-refractivity contribution in [2.24, 2.45) is 0 Å². The van der Waals surface area contributed by atoms with Gasteiger partial charge in [-0.05, 0) is 36.4 Å². The number of amides is 1. The van der Waals surface area contributed by atoms with E-state index < -0.39 is 0 Å². The van der Waals surface area contributed by atoms with Crippen LogP contribution in [-0.2, 0) is 4.79 Å². The number of anilines is 1. The summed E-state index contributed by atoms with van der Waals surface area (Å²) in [6, 6.07) is 10.8. The number of benzene rings is 1. The van der Waals surface area contributed by atoms with Crippen molar-refractivity contribution < 1.29 is 14.3 Å². The maximum atomic E-state index is 12.5. The van der Waals surface area contributed by atoms with Gasteiger partial charge in [0.25, 0.3) is 5.22 Å². The number of carbonyl (C=O) groups excluding carboxylic acids is 1. The zero-order valence-corrected chi connectivity index (χ0v) is 15.9. The van der Waals surface area contributed by atoms with Crippen molar-refractivity contribution in [2.75, 3.05) is 36.8 Å². The Morgan fingerprint density at radius 1 is 1.11 bits per heavy atom. The number of thioether (sulfide) groups is 1. The van der Waals surface area contributed by atoms with E-state index in [4.69, 9.17) is 4.42 Å². The van der Waals surface area contributed by atoms with Crippen molar-refractivity contribution in [3.63, 3.8) is 0 Å². The average molecular weight is 397 g/mol. The SMILES string of the molecule is O=C(CSc1nnc(-c2cccnc2)o1)N1CCN(c2ccc(O)cc2)CC1. The molecular weight excluding hydrogens is 378 g/mol. The molecule has 1 amide bonds. The fraction of sp³-hybridized carbons (Fsp3) is 0.263. The molecule has 4 rings (SSSR count). The highest BCUT2D eigenvalue weighted by Gasteiger charge is 2.22. The van der Waals surface area contributed by atoms with E-state index in [9.17, 15) is 9.90 Å². The maximum absolute atomic E-state index is 12.5. The molecule has 1 aromatic carbocycles. The molecule has 0 aliphatic carbocycles. The van der Waals surface area contributed by atoms with Gasteiger partial charge in [-0.15, -0.1) is 10.2 Å². The van der Waals surface area contributed by atoms with Crippen molar-refractivity contribution in [2.45, 2.75) is 5.22 Å². The number of hydrogen-bond acceptors (Lipinski definition) is 8. The van der Waals surface area contributed by atoms with Crippen LogP contribution in [0.15, 0.2) is 58.4 Å².